The van der Waals surface area contributed by atoms with E-state index in [1.807, 2.05) is 13.0 Å². The number of carbonyl (C=O) groups is 1. The minimum Gasteiger partial charge on any atom is -0.493 e. The molecule has 0 saturated heterocycles. The van der Waals surface area contributed by atoms with Gasteiger partial charge in [-0.15, -0.1) is 0 Å². The molecule has 0 spiro atoms. The lowest BCUT2D eigenvalue weighted by atomic mass is 9.78. The van der Waals surface area contributed by atoms with Crippen molar-refractivity contribution in [1.29, 1.82) is 0 Å². The van der Waals surface area contributed by atoms with Crippen LogP contribution in [0.2, 0.25) is 0 Å². The highest BCUT2D eigenvalue weighted by Gasteiger charge is 2.40. The lowest BCUT2D eigenvalue weighted by molar-refractivity contribution is -0.131. The summed E-state index contributed by atoms with van der Waals surface area (Å²) in [6.07, 6.45) is 8.61. The molecule has 1 aromatic carbocycles. The van der Waals surface area contributed by atoms with Gasteiger partial charge < -0.3 is 9.84 Å². The van der Waals surface area contributed by atoms with Crippen molar-refractivity contribution in [3.63, 3.8) is 0 Å². The van der Waals surface area contributed by atoms with E-state index in [9.17, 15) is 4.79 Å². The van der Waals surface area contributed by atoms with E-state index >= 15 is 0 Å². The highest BCUT2D eigenvalue weighted by atomic mass is 16.5. The van der Waals surface area contributed by atoms with Gasteiger partial charge in [0.15, 0.2) is 0 Å². The van der Waals surface area contributed by atoms with Crippen LogP contribution in [0.3, 0.4) is 0 Å². The zero-order valence-electron chi connectivity index (χ0n) is 20.1. The third kappa shape index (κ3) is 6.48. The van der Waals surface area contributed by atoms with Gasteiger partial charge in [-0.05, 0) is 59.1 Å². The highest BCUT2D eigenvalue weighted by Crippen LogP contribution is 2.54. The first kappa shape index (κ1) is 24.2. The fraction of sp³-hybridized carbons (Fsp3) is 0.593. The molecule has 0 amide bonds. The Morgan fingerprint density at radius 3 is 2.37 bits per heavy atom. The molecule has 0 bridgehead atoms. The molecule has 30 heavy (non-hydrogen) atoms. The molecule has 0 unspecified atom stereocenters. The topological polar surface area (TPSA) is 46.5 Å². The molecule has 1 aromatic rings. The number of carboxylic acids is 1. The highest BCUT2D eigenvalue weighted by molar-refractivity contribution is 5.81. The van der Waals surface area contributed by atoms with Gasteiger partial charge in [0.25, 0.3) is 0 Å². The van der Waals surface area contributed by atoms with Crippen LogP contribution in [0.4, 0.5) is 0 Å². The maximum Gasteiger partial charge on any atom is 0.328 e. The largest absolute Gasteiger partial charge is 0.493 e. The first-order valence-electron chi connectivity index (χ1n) is 11.3. The second-order valence-corrected chi connectivity index (χ2v) is 10.7. The predicted molar refractivity (Wildman–Crippen MR) is 126 cm³/mol. The number of hydrogen-bond donors (Lipinski definition) is 1. The van der Waals surface area contributed by atoms with Gasteiger partial charge in [-0.25, -0.2) is 4.79 Å². The second kappa shape index (κ2) is 9.41. The van der Waals surface area contributed by atoms with E-state index in [-0.39, 0.29) is 10.8 Å². The van der Waals surface area contributed by atoms with Gasteiger partial charge in [-0.1, -0.05) is 79.2 Å². The van der Waals surface area contributed by atoms with E-state index in [2.05, 4.69) is 66.7 Å². The molecule has 0 radical (unpaired) electrons. The van der Waals surface area contributed by atoms with Crippen molar-refractivity contribution in [3.05, 3.63) is 52.6 Å². The molecule has 1 N–H and O–H groups in total. The normalized spacial score (nSPS) is 19.9. The SMILES string of the molecule is CCCCOc1c([C@@H]2C[C@@H]2C=CC(C)=CC(=O)O)cc(C(C)(C)C)cc1C(C)(C)C. The summed E-state index contributed by atoms with van der Waals surface area (Å²) in [5.41, 5.74) is 4.79. The van der Waals surface area contributed by atoms with E-state index < -0.39 is 5.97 Å². The maximum atomic E-state index is 10.9. The Hall–Kier alpha value is -2.03. The zero-order valence-corrected chi connectivity index (χ0v) is 20.1. The Morgan fingerprint density at radius 1 is 1.17 bits per heavy atom. The minimum absolute atomic E-state index is 0.00139. The van der Waals surface area contributed by atoms with E-state index in [0.29, 0.717) is 11.8 Å². The summed E-state index contributed by atoms with van der Waals surface area (Å²) in [6.45, 7) is 18.3. The molecule has 3 heteroatoms. The Morgan fingerprint density at radius 2 is 1.83 bits per heavy atom. The van der Waals surface area contributed by atoms with Gasteiger partial charge in [-0.3, -0.25) is 0 Å². The first-order valence-corrected chi connectivity index (χ1v) is 11.3. The van der Waals surface area contributed by atoms with Gasteiger partial charge >= 0.3 is 5.97 Å². The van der Waals surface area contributed by atoms with Crippen molar-refractivity contribution in [2.75, 3.05) is 6.61 Å². The summed E-state index contributed by atoms with van der Waals surface area (Å²) < 4.78 is 6.42. The standard InChI is InChI=1S/C27H40O3/c1-9-10-13-30-25-22(21-15-19(21)12-11-18(2)14-24(28)29)16-20(26(3,4)5)17-23(25)27(6,7)8/h11-12,14,16-17,19,21H,9-10,13,15H2,1-8H3,(H,28,29)/t19-,21+/m0/s1. The molecule has 3 nitrogen and oxygen atoms in total. The smallest absolute Gasteiger partial charge is 0.328 e. The first-order chi connectivity index (χ1) is 13.8. The predicted octanol–water partition coefficient (Wildman–Crippen LogP) is 7.15. The Labute approximate surface area is 183 Å². The summed E-state index contributed by atoms with van der Waals surface area (Å²) in [6, 6.07) is 4.70. The van der Waals surface area contributed by atoms with Gasteiger partial charge in [0.1, 0.15) is 5.75 Å². The number of hydrogen-bond acceptors (Lipinski definition) is 2. The maximum absolute atomic E-state index is 10.9. The zero-order chi connectivity index (χ0) is 22.7. The van der Waals surface area contributed by atoms with E-state index in [4.69, 9.17) is 9.84 Å². The van der Waals surface area contributed by atoms with Crippen LogP contribution >= 0.6 is 0 Å². The Bertz CT molecular complexity index is 816. The molecular formula is C27H40O3. The lowest BCUT2D eigenvalue weighted by Crippen LogP contribution is -2.19. The van der Waals surface area contributed by atoms with E-state index in [1.165, 1.54) is 22.8 Å². The Kier molecular flexibility index (Phi) is 7.60. The van der Waals surface area contributed by atoms with Gasteiger partial charge in [0.05, 0.1) is 6.61 Å². The number of allylic oxidation sites excluding steroid dienone is 3. The fourth-order valence-electron chi connectivity index (χ4n) is 3.70. The molecule has 0 aliphatic heterocycles. The summed E-state index contributed by atoms with van der Waals surface area (Å²) in [7, 11) is 0. The summed E-state index contributed by atoms with van der Waals surface area (Å²) in [5.74, 6) is 1.03. The molecule has 1 aliphatic rings. The number of rotatable bonds is 8. The van der Waals surface area contributed by atoms with Crippen molar-refractivity contribution >= 4 is 5.97 Å². The van der Waals surface area contributed by atoms with Gasteiger partial charge in [-0.2, -0.15) is 0 Å². The summed E-state index contributed by atoms with van der Waals surface area (Å²) >= 11 is 0. The van der Waals surface area contributed by atoms with Crippen LogP contribution in [0.25, 0.3) is 0 Å². The second-order valence-electron chi connectivity index (χ2n) is 10.7. The van der Waals surface area contributed by atoms with Crippen molar-refractivity contribution < 1.29 is 14.6 Å². The van der Waals surface area contributed by atoms with Crippen LogP contribution in [0.15, 0.2) is 35.9 Å². The van der Waals surface area contributed by atoms with E-state index in [0.717, 1.165) is 37.2 Å². The van der Waals surface area contributed by atoms with Crippen molar-refractivity contribution in [2.45, 2.75) is 91.4 Å². The van der Waals surface area contributed by atoms with Crippen LogP contribution in [-0.2, 0) is 15.6 Å². The summed E-state index contributed by atoms with van der Waals surface area (Å²) in [5, 5.41) is 8.92. The molecule has 0 aromatic heterocycles. The van der Waals surface area contributed by atoms with Crippen LogP contribution < -0.4 is 4.74 Å². The van der Waals surface area contributed by atoms with Gasteiger partial charge in [0, 0.05) is 11.6 Å². The third-order valence-electron chi connectivity index (χ3n) is 5.73. The molecule has 2 rings (SSSR count). The van der Waals surface area contributed by atoms with Crippen LogP contribution in [0, 0.1) is 5.92 Å². The number of ether oxygens (including phenoxy) is 1. The quantitative estimate of drug-likeness (QED) is 0.280. The molecule has 2 atom stereocenters. The number of unbranched alkanes of at least 4 members (excludes halogenated alkanes) is 1. The van der Waals surface area contributed by atoms with Crippen LogP contribution in [0.5, 0.6) is 5.75 Å². The summed E-state index contributed by atoms with van der Waals surface area (Å²) in [4.78, 5) is 10.9. The number of aliphatic carboxylic acids is 1. The van der Waals surface area contributed by atoms with Crippen LogP contribution in [0.1, 0.15) is 97.3 Å². The number of benzene rings is 1. The van der Waals surface area contributed by atoms with Crippen molar-refractivity contribution in [3.8, 4) is 5.75 Å². The lowest BCUT2D eigenvalue weighted by Gasteiger charge is -2.29. The third-order valence-corrected chi connectivity index (χ3v) is 5.73. The molecular weight excluding hydrogens is 372 g/mol. The molecule has 166 valence electrons. The molecule has 0 heterocycles. The molecule has 1 saturated carbocycles. The Balaban J connectivity index is 2.46. The molecule has 1 fully saturated rings. The van der Waals surface area contributed by atoms with Gasteiger partial charge in [0.2, 0.25) is 0 Å². The fourth-order valence-corrected chi connectivity index (χ4v) is 3.70. The number of carboxylic acid groups (broad SMARTS) is 1. The van der Waals surface area contributed by atoms with Crippen LogP contribution in [-0.4, -0.2) is 17.7 Å². The minimum atomic E-state index is -0.899. The average Bonchev–Trinajstić information content (AvgIpc) is 3.37. The monoisotopic (exact) mass is 412 g/mol. The average molecular weight is 413 g/mol. The van der Waals surface area contributed by atoms with Crippen molar-refractivity contribution in [2.24, 2.45) is 5.92 Å². The van der Waals surface area contributed by atoms with E-state index in [1.54, 1.807) is 0 Å². The molecule has 1 aliphatic carbocycles. The van der Waals surface area contributed by atoms with Crippen molar-refractivity contribution in [1.82, 2.24) is 0 Å².